The molecule has 0 aliphatic carbocycles. The number of hydrogen-bond acceptors (Lipinski definition) is 3. The zero-order chi connectivity index (χ0) is 22.7. The fourth-order valence-corrected chi connectivity index (χ4v) is 4.03. The second kappa shape index (κ2) is 10.4. The number of rotatable bonds is 7. The summed E-state index contributed by atoms with van der Waals surface area (Å²) in [4.78, 5) is 0. The van der Waals surface area contributed by atoms with Crippen LogP contribution in [0, 0.1) is 20.8 Å². The van der Waals surface area contributed by atoms with Crippen LogP contribution in [-0.2, 0) is 13.1 Å². The first kappa shape index (κ1) is 24.1. The third-order valence-corrected chi connectivity index (χ3v) is 6.68. The molecule has 0 saturated carbocycles. The first-order valence-corrected chi connectivity index (χ1v) is 11.5. The molecular formula is C20H22Cl4N6S. The van der Waals surface area contributed by atoms with Gasteiger partial charge in [0.1, 0.15) is 10.2 Å². The standard InChI is InChI=1S/C20H22Cl4N6S/c1-11-17(23)19(24)29(27-11)8-4-7-25-20(31)26-18-12(2)28-30(13(18)3)10-14-5-6-15(21)16(22)9-14/h5-6,9H,4,7-8,10H2,1-3H3,(H2,25,26,31). The van der Waals surface area contributed by atoms with Gasteiger partial charge in [-0.25, -0.2) is 0 Å². The van der Waals surface area contributed by atoms with Crippen molar-refractivity contribution in [1.29, 1.82) is 0 Å². The molecule has 0 spiro atoms. The third-order valence-electron chi connectivity index (χ3n) is 4.76. The van der Waals surface area contributed by atoms with E-state index in [4.69, 9.17) is 58.6 Å². The predicted octanol–water partition coefficient (Wildman–Crippen LogP) is 6.04. The number of anilines is 1. The Hall–Kier alpha value is -1.51. The highest BCUT2D eigenvalue weighted by Gasteiger charge is 2.14. The molecule has 0 aliphatic heterocycles. The second-order valence-corrected chi connectivity index (χ2v) is 9.06. The molecular weight excluding hydrogens is 498 g/mol. The van der Waals surface area contributed by atoms with Gasteiger partial charge in [0.25, 0.3) is 0 Å². The first-order valence-electron chi connectivity index (χ1n) is 9.58. The number of nitrogens with one attached hydrogen (secondary N) is 2. The highest BCUT2D eigenvalue weighted by atomic mass is 35.5. The SMILES string of the molecule is Cc1nn(CCCNC(=S)Nc2c(C)nn(Cc3ccc(Cl)c(Cl)c3)c2C)c(Cl)c1Cl. The van der Waals surface area contributed by atoms with Crippen molar-refractivity contribution < 1.29 is 0 Å². The molecule has 0 amide bonds. The molecule has 6 nitrogen and oxygen atoms in total. The van der Waals surface area contributed by atoms with E-state index in [0.29, 0.717) is 45.0 Å². The quantitative estimate of drug-likeness (QED) is 0.294. The molecule has 0 radical (unpaired) electrons. The van der Waals surface area contributed by atoms with Crippen molar-refractivity contribution in [2.75, 3.05) is 11.9 Å². The van der Waals surface area contributed by atoms with E-state index in [1.54, 1.807) is 10.7 Å². The lowest BCUT2D eigenvalue weighted by atomic mass is 10.2. The van der Waals surface area contributed by atoms with Crippen LogP contribution in [0.3, 0.4) is 0 Å². The Morgan fingerprint density at radius 2 is 1.71 bits per heavy atom. The number of nitrogens with zero attached hydrogens (tertiary/aromatic N) is 4. The summed E-state index contributed by atoms with van der Waals surface area (Å²) in [7, 11) is 0. The minimum Gasteiger partial charge on any atom is -0.362 e. The smallest absolute Gasteiger partial charge is 0.170 e. The van der Waals surface area contributed by atoms with E-state index in [2.05, 4.69) is 20.8 Å². The van der Waals surface area contributed by atoms with E-state index in [-0.39, 0.29) is 0 Å². The molecule has 166 valence electrons. The van der Waals surface area contributed by atoms with Gasteiger partial charge in [0.2, 0.25) is 0 Å². The Kier molecular flexibility index (Phi) is 8.10. The molecule has 3 aromatic rings. The van der Waals surface area contributed by atoms with E-state index < -0.39 is 0 Å². The van der Waals surface area contributed by atoms with Gasteiger partial charge in [0, 0.05) is 13.1 Å². The van der Waals surface area contributed by atoms with Gasteiger partial charge in [-0.15, -0.1) is 0 Å². The van der Waals surface area contributed by atoms with E-state index in [0.717, 1.165) is 34.8 Å². The van der Waals surface area contributed by atoms with Crippen LogP contribution in [0.2, 0.25) is 20.2 Å². The van der Waals surface area contributed by atoms with Crippen LogP contribution in [0.4, 0.5) is 5.69 Å². The molecule has 2 aromatic heterocycles. The van der Waals surface area contributed by atoms with Crippen molar-refractivity contribution in [3.8, 4) is 0 Å². The van der Waals surface area contributed by atoms with Crippen LogP contribution in [-0.4, -0.2) is 31.2 Å². The molecule has 0 unspecified atom stereocenters. The molecule has 0 saturated heterocycles. The Balaban J connectivity index is 1.55. The largest absolute Gasteiger partial charge is 0.362 e. The van der Waals surface area contributed by atoms with Crippen LogP contribution >= 0.6 is 58.6 Å². The lowest BCUT2D eigenvalue weighted by molar-refractivity contribution is 0.571. The van der Waals surface area contributed by atoms with Gasteiger partial charge in [0.15, 0.2) is 5.11 Å². The second-order valence-electron chi connectivity index (χ2n) is 7.10. The fraction of sp³-hybridized carbons (Fsp3) is 0.350. The summed E-state index contributed by atoms with van der Waals surface area (Å²) in [6.07, 6.45) is 0.785. The zero-order valence-electron chi connectivity index (χ0n) is 17.3. The highest BCUT2D eigenvalue weighted by Crippen LogP contribution is 2.26. The summed E-state index contributed by atoms with van der Waals surface area (Å²) < 4.78 is 3.60. The van der Waals surface area contributed by atoms with Gasteiger partial charge >= 0.3 is 0 Å². The Labute approximate surface area is 206 Å². The number of aromatic nitrogens is 4. The topological polar surface area (TPSA) is 59.7 Å². The Bertz CT molecular complexity index is 1110. The first-order chi connectivity index (χ1) is 14.7. The van der Waals surface area contributed by atoms with E-state index in [9.17, 15) is 0 Å². The molecule has 11 heteroatoms. The summed E-state index contributed by atoms with van der Waals surface area (Å²) in [6, 6.07) is 5.57. The maximum Gasteiger partial charge on any atom is 0.170 e. The van der Waals surface area contributed by atoms with Crippen LogP contribution in [0.1, 0.15) is 29.1 Å². The van der Waals surface area contributed by atoms with Gasteiger partial charge in [-0.3, -0.25) is 9.36 Å². The predicted molar refractivity (Wildman–Crippen MR) is 133 cm³/mol. The van der Waals surface area contributed by atoms with Crippen molar-refractivity contribution in [3.63, 3.8) is 0 Å². The lowest BCUT2D eigenvalue weighted by Crippen LogP contribution is -2.30. The summed E-state index contributed by atoms with van der Waals surface area (Å²) in [5, 5.41) is 17.9. The van der Waals surface area contributed by atoms with Gasteiger partial charge in [-0.05, 0) is 57.1 Å². The van der Waals surface area contributed by atoms with Crippen molar-refractivity contribution >= 4 is 69.4 Å². The summed E-state index contributed by atoms with van der Waals surface area (Å²) >= 11 is 29.8. The summed E-state index contributed by atoms with van der Waals surface area (Å²) in [5.41, 5.74) is 4.45. The molecule has 3 rings (SSSR count). The number of aryl methyl sites for hydroxylation is 3. The van der Waals surface area contributed by atoms with Crippen LogP contribution < -0.4 is 10.6 Å². The molecule has 31 heavy (non-hydrogen) atoms. The summed E-state index contributed by atoms with van der Waals surface area (Å²) in [6.45, 7) is 7.64. The van der Waals surface area contributed by atoms with E-state index >= 15 is 0 Å². The van der Waals surface area contributed by atoms with Gasteiger partial charge < -0.3 is 10.6 Å². The maximum atomic E-state index is 6.16. The molecule has 2 N–H and O–H groups in total. The zero-order valence-corrected chi connectivity index (χ0v) is 21.1. The average Bonchev–Trinajstić information content (AvgIpc) is 3.12. The third kappa shape index (κ3) is 5.84. The molecule has 1 aromatic carbocycles. The van der Waals surface area contributed by atoms with Crippen molar-refractivity contribution in [1.82, 2.24) is 24.9 Å². The molecule has 0 fully saturated rings. The fourth-order valence-electron chi connectivity index (χ4n) is 3.11. The van der Waals surface area contributed by atoms with Gasteiger partial charge in [0.05, 0.1) is 39.4 Å². The lowest BCUT2D eigenvalue weighted by Gasteiger charge is -2.11. The van der Waals surface area contributed by atoms with Gasteiger partial charge in [-0.1, -0.05) is 52.5 Å². The van der Waals surface area contributed by atoms with Crippen LogP contribution in [0.5, 0.6) is 0 Å². The molecule has 0 aliphatic rings. The molecule has 0 bridgehead atoms. The maximum absolute atomic E-state index is 6.16. The van der Waals surface area contributed by atoms with Crippen molar-refractivity contribution in [2.24, 2.45) is 0 Å². The monoisotopic (exact) mass is 518 g/mol. The number of hydrogen-bond donors (Lipinski definition) is 2. The highest BCUT2D eigenvalue weighted by molar-refractivity contribution is 7.80. The number of benzene rings is 1. The van der Waals surface area contributed by atoms with Crippen LogP contribution in [0.15, 0.2) is 18.2 Å². The molecule has 2 heterocycles. The normalized spacial score (nSPS) is 11.1. The Morgan fingerprint density at radius 1 is 1.00 bits per heavy atom. The minimum absolute atomic E-state index is 0.459. The van der Waals surface area contributed by atoms with E-state index in [1.165, 1.54) is 0 Å². The molecule has 0 atom stereocenters. The van der Waals surface area contributed by atoms with E-state index in [1.807, 2.05) is 37.6 Å². The van der Waals surface area contributed by atoms with Gasteiger partial charge in [-0.2, -0.15) is 10.2 Å². The van der Waals surface area contributed by atoms with Crippen molar-refractivity contribution in [3.05, 3.63) is 61.1 Å². The number of halogens is 4. The van der Waals surface area contributed by atoms with Crippen molar-refractivity contribution in [2.45, 2.75) is 40.3 Å². The average molecular weight is 520 g/mol. The Morgan fingerprint density at radius 3 is 2.35 bits per heavy atom. The minimum atomic E-state index is 0.459. The van der Waals surface area contributed by atoms with Crippen LogP contribution in [0.25, 0.3) is 0 Å². The summed E-state index contributed by atoms with van der Waals surface area (Å²) in [5.74, 6) is 0. The number of thiocarbonyl (C=S) groups is 1.